The second-order valence-corrected chi connectivity index (χ2v) is 6.60. The first-order chi connectivity index (χ1) is 10.7. The highest BCUT2D eigenvalue weighted by Gasteiger charge is 2.29. The van der Waals surface area contributed by atoms with Gasteiger partial charge in [-0.2, -0.15) is 9.78 Å². The molecule has 3 rings (SSSR count). The zero-order chi connectivity index (χ0) is 15.5. The van der Waals surface area contributed by atoms with Crippen molar-refractivity contribution in [2.45, 2.75) is 50.2 Å². The highest BCUT2D eigenvalue weighted by atomic mass is 32.2. The summed E-state index contributed by atoms with van der Waals surface area (Å²) in [6, 6.07) is 0. The Labute approximate surface area is 133 Å². The number of hydrogen-bond acceptors (Lipinski definition) is 5. The van der Waals surface area contributed by atoms with Gasteiger partial charge in [0, 0.05) is 13.2 Å². The Morgan fingerprint density at radius 1 is 1.41 bits per heavy atom. The van der Waals surface area contributed by atoms with Crippen molar-refractivity contribution in [1.82, 2.24) is 9.78 Å². The maximum atomic E-state index is 12.7. The summed E-state index contributed by atoms with van der Waals surface area (Å²) in [7, 11) is 0. The summed E-state index contributed by atoms with van der Waals surface area (Å²) in [5.41, 5.74) is 0.523. The molecule has 0 aliphatic carbocycles. The molecule has 0 bridgehead atoms. The van der Waals surface area contributed by atoms with Crippen LogP contribution in [0.3, 0.4) is 0 Å². The molecule has 1 unspecified atom stereocenters. The minimum Gasteiger partial charge on any atom is -0.356 e. The number of thioether (sulfide) groups is 1. The van der Waals surface area contributed by atoms with Crippen LogP contribution >= 0.6 is 11.8 Å². The summed E-state index contributed by atoms with van der Waals surface area (Å²) in [5, 5.41) is 4.28. The van der Waals surface area contributed by atoms with Crippen LogP contribution < -0.4 is 10.5 Å². The summed E-state index contributed by atoms with van der Waals surface area (Å²) < 4.78 is 7.10. The fraction of sp³-hybridized carbons (Fsp3) is 0.667. The van der Waals surface area contributed by atoms with E-state index in [1.54, 1.807) is 11.1 Å². The Morgan fingerprint density at radius 3 is 3.00 bits per heavy atom. The van der Waals surface area contributed by atoms with Gasteiger partial charge >= 0.3 is 0 Å². The molecule has 0 N–H and O–H groups in total. The van der Waals surface area contributed by atoms with Gasteiger partial charge in [-0.05, 0) is 25.7 Å². The van der Waals surface area contributed by atoms with Crippen molar-refractivity contribution in [3.8, 4) is 0 Å². The van der Waals surface area contributed by atoms with E-state index in [1.807, 2.05) is 0 Å². The van der Waals surface area contributed by atoms with Gasteiger partial charge in [-0.1, -0.05) is 13.3 Å². The quantitative estimate of drug-likeness (QED) is 0.850. The number of hydrogen-bond donors (Lipinski definition) is 0. The van der Waals surface area contributed by atoms with Crippen LogP contribution in [0.5, 0.6) is 0 Å². The van der Waals surface area contributed by atoms with Crippen LogP contribution in [0.15, 0.2) is 15.9 Å². The van der Waals surface area contributed by atoms with Gasteiger partial charge < -0.3 is 9.64 Å². The van der Waals surface area contributed by atoms with Gasteiger partial charge in [0.1, 0.15) is 4.90 Å². The van der Waals surface area contributed by atoms with Gasteiger partial charge in [-0.25, -0.2) is 0 Å². The van der Waals surface area contributed by atoms with Gasteiger partial charge in [0.05, 0.1) is 17.6 Å². The lowest BCUT2D eigenvalue weighted by molar-refractivity contribution is -0.116. The first kappa shape index (κ1) is 15.6. The molecular formula is C15H21N3O3S. The van der Waals surface area contributed by atoms with Crippen LogP contribution in [0.25, 0.3) is 0 Å². The number of rotatable bonds is 4. The standard InChI is InChI=1S/C15H21N3O3S/c1-2-3-7-17-11-9-16-18(13-6-4-5-8-21-13)15(20)14(11)22-10-12(17)19/h9,13H,2-8,10H2,1H3. The molecule has 0 spiro atoms. The Balaban J connectivity index is 1.93. The Bertz CT molecular complexity index is 611. The van der Waals surface area contributed by atoms with Crippen LogP contribution in [-0.2, 0) is 9.53 Å². The average Bonchev–Trinajstić information content (AvgIpc) is 2.55. The van der Waals surface area contributed by atoms with Crippen molar-refractivity contribution in [3.05, 3.63) is 16.6 Å². The van der Waals surface area contributed by atoms with E-state index >= 15 is 0 Å². The maximum absolute atomic E-state index is 12.7. The molecule has 1 aromatic rings. The van der Waals surface area contributed by atoms with E-state index in [-0.39, 0.29) is 17.7 Å². The molecule has 2 aliphatic rings. The SMILES string of the molecule is CCCCN1C(=O)CSc2c1cnn(C1CCCCO1)c2=O. The molecular weight excluding hydrogens is 302 g/mol. The highest BCUT2D eigenvalue weighted by molar-refractivity contribution is 8.00. The van der Waals surface area contributed by atoms with E-state index in [1.165, 1.54) is 16.4 Å². The molecule has 0 aromatic carbocycles. The third-order valence-corrected chi connectivity index (χ3v) is 5.10. The Kier molecular flexibility index (Phi) is 4.83. The molecule has 1 amide bonds. The predicted octanol–water partition coefficient (Wildman–Crippen LogP) is 2.18. The fourth-order valence-corrected chi connectivity index (χ4v) is 3.75. The smallest absolute Gasteiger partial charge is 0.285 e. The van der Waals surface area contributed by atoms with Crippen molar-refractivity contribution in [2.24, 2.45) is 0 Å². The summed E-state index contributed by atoms with van der Waals surface area (Å²) in [6.07, 6.45) is 6.20. The molecule has 1 fully saturated rings. The number of ether oxygens (including phenoxy) is 1. The van der Waals surface area contributed by atoms with Crippen molar-refractivity contribution < 1.29 is 9.53 Å². The van der Waals surface area contributed by atoms with Gasteiger partial charge in [-0.15, -0.1) is 11.8 Å². The fourth-order valence-electron chi connectivity index (χ4n) is 2.80. The lowest BCUT2D eigenvalue weighted by atomic mass is 10.2. The van der Waals surface area contributed by atoms with Gasteiger partial charge in [-0.3, -0.25) is 9.59 Å². The van der Waals surface area contributed by atoms with E-state index in [0.717, 1.165) is 32.1 Å². The number of unbranched alkanes of at least 4 members (excludes halogenated alkanes) is 1. The topological polar surface area (TPSA) is 64.4 Å². The second kappa shape index (κ2) is 6.83. The maximum Gasteiger partial charge on any atom is 0.285 e. The molecule has 3 heterocycles. The molecule has 6 nitrogen and oxygen atoms in total. The number of carbonyl (C=O) groups is 1. The van der Waals surface area contributed by atoms with Crippen LogP contribution in [0.1, 0.15) is 45.3 Å². The lowest BCUT2D eigenvalue weighted by Gasteiger charge is -2.30. The van der Waals surface area contributed by atoms with E-state index < -0.39 is 0 Å². The van der Waals surface area contributed by atoms with Crippen molar-refractivity contribution in [2.75, 3.05) is 23.8 Å². The molecule has 0 radical (unpaired) electrons. The highest BCUT2D eigenvalue weighted by Crippen LogP contribution is 2.32. The molecule has 22 heavy (non-hydrogen) atoms. The molecule has 0 saturated carbocycles. The van der Waals surface area contributed by atoms with Crippen LogP contribution in [0.2, 0.25) is 0 Å². The minimum absolute atomic E-state index is 0.0545. The predicted molar refractivity (Wildman–Crippen MR) is 85.3 cm³/mol. The lowest BCUT2D eigenvalue weighted by Crippen LogP contribution is -2.40. The Hall–Kier alpha value is -1.34. The van der Waals surface area contributed by atoms with Crippen molar-refractivity contribution in [1.29, 1.82) is 0 Å². The van der Waals surface area contributed by atoms with Crippen molar-refractivity contribution >= 4 is 23.4 Å². The Morgan fingerprint density at radius 2 is 2.27 bits per heavy atom. The summed E-state index contributed by atoms with van der Waals surface area (Å²) in [6.45, 7) is 3.40. The monoisotopic (exact) mass is 323 g/mol. The van der Waals surface area contributed by atoms with Crippen LogP contribution in [0.4, 0.5) is 5.69 Å². The first-order valence-electron chi connectivity index (χ1n) is 7.89. The van der Waals surface area contributed by atoms with Crippen LogP contribution in [-0.4, -0.2) is 34.6 Å². The minimum atomic E-state index is -0.270. The van der Waals surface area contributed by atoms with Gasteiger partial charge in [0.2, 0.25) is 5.91 Å². The van der Waals surface area contributed by atoms with E-state index in [9.17, 15) is 9.59 Å². The van der Waals surface area contributed by atoms with Gasteiger partial charge in [0.15, 0.2) is 6.23 Å². The summed E-state index contributed by atoms with van der Waals surface area (Å²) >= 11 is 1.32. The third-order valence-electron chi connectivity index (χ3n) is 4.03. The van der Waals surface area contributed by atoms with E-state index in [0.29, 0.717) is 29.5 Å². The largest absolute Gasteiger partial charge is 0.356 e. The summed E-state index contributed by atoms with van der Waals surface area (Å²) in [4.78, 5) is 27.1. The molecule has 7 heteroatoms. The van der Waals surface area contributed by atoms with Crippen LogP contribution in [0, 0.1) is 0 Å². The zero-order valence-corrected chi connectivity index (χ0v) is 13.6. The number of nitrogens with zero attached hydrogens (tertiary/aromatic N) is 3. The number of aromatic nitrogens is 2. The molecule has 1 aromatic heterocycles. The second-order valence-electron chi connectivity index (χ2n) is 5.62. The van der Waals surface area contributed by atoms with E-state index in [4.69, 9.17) is 4.74 Å². The number of anilines is 1. The third kappa shape index (κ3) is 2.92. The normalized spacial score (nSPS) is 21.8. The molecule has 1 saturated heterocycles. The molecule has 1 atom stereocenters. The number of carbonyl (C=O) groups excluding carboxylic acids is 1. The zero-order valence-electron chi connectivity index (χ0n) is 12.8. The first-order valence-corrected chi connectivity index (χ1v) is 8.87. The van der Waals surface area contributed by atoms with E-state index in [2.05, 4.69) is 12.0 Å². The average molecular weight is 323 g/mol. The summed E-state index contributed by atoms with van der Waals surface area (Å²) in [5.74, 6) is 0.375. The molecule has 2 aliphatic heterocycles. The number of fused-ring (bicyclic) bond motifs is 1. The number of amides is 1. The van der Waals surface area contributed by atoms with Gasteiger partial charge in [0.25, 0.3) is 5.56 Å². The van der Waals surface area contributed by atoms with Crippen molar-refractivity contribution in [3.63, 3.8) is 0 Å². The molecule has 120 valence electrons.